The lowest BCUT2D eigenvalue weighted by Gasteiger charge is -2.01. The van der Waals surface area contributed by atoms with Crippen LogP contribution in [-0.2, 0) is 11.3 Å². The van der Waals surface area contributed by atoms with Gasteiger partial charge >= 0.3 is 0 Å². The molecule has 1 rings (SSSR count). The first-order chi connectivity index (χ1) is 6.22. The summed E-state index contributed by atoms with van der Waals surface area (Å²) in [7, 11) is 0. The van der Waals surface area contributed by atoms with Crippen LogP contribution in [0.3, 0.4) is 0 Å². The van der Waals surface area contributed by atoms with Gasteiger partial charge in [0.1, 0.15) is 0 Å². The van der Waals surface area contributed by atoms with Crippen LogP contribution < -0.4 is 5.32 Å². The highest BCUT2D eigenvalue weighted by Gasteiger charge is 2.00. The van der Waals surface area contributed by atoms with Crippen LogP contribution in [0.15, 0.2) is 16.9 Å². The van der Waals surface area contributed by atoms with Crippen molar-refractivity contribution in [1.82, 2.24) is 15.1 Å². The molecule has 0 aromatic carbocycles. The van der Waals surface area contributed by atoms with Gasteiger partial charge in [0, 0.05) is 25.7 Å². The molecular formula is C8H12BrN3O. The Labute approximate surface area is 85.4 Å². The average Bonchev–Trinajstić information content (AvgIpc) is 2.49. The fourth-order valence-corrected chi connectivity index (χ4v) is 1.29. The Morgan fingerprint density at radius 2 is 2.54 bits per heavy atom. The molecule has 0 bridgehead atoms. The van der Waals surface area contributed by atoms with Crippen molar-refractivity contribution in [2.75, 3.05) is 6.54 Å². The van der Waals surface area contributed by atoms with Crippen LogP contribution in [0.25, 0.3) is 0 Å². The van der Waals surface area contributed by atoms with E-state index in [-0.39, 0.29) is 5.91 Å². The van der Waals surface area contributed by atoms with E-state index < -0.39 is 0 Å². The van der Waals surface area contributed by atoms with Crippen molar-refractivity contribution in [2.45, 2.75) is 19.9 Å². The van der Waals surface area contributed by atoms with Crippen molar-refractivity contribution in [3.05, 3.63) is 16.9 Å². The number of nitrogens with zero attached hydrogens (tertiary/aromatic N) is 2. The second-order valence-corrected chi connectivity index (χ2v) is 3.54. The summed E-state index contributed by atoms with van der Waals surface area (Å²) in [6.07, 6.45) is 4.03. The molecule has 0 aliphatic carbocycles. The molecule has 0 unspecified atom stereocenters. The van der Waals surface area contributed by atoms with Gasteiger partial charge in [-0.05, 0) is 22.9 Å². The first-order valence-electron chi connectivity index (χ1n) is 4.17. The number of hydrogen-bond acceptors (Lipinski definition) is 2. The fraction of sp³-hybridized carbons (Fsp3) is 0.500. The average molecular weight is 246 g/mol. The van der Waals surface area contributed by atoms with Gasteiger partial charge in [0.2, 0.25) is 5.91 Å². The summed E-state index contributed by atoms with van der Waals surface area (Å²) in [6.45, 7) is 3.21. The monoisotopic (exact) mass is 245 g/mol. The predicted octanol–water partition coefficient (Wildman–Crippen LogP) is 1.17. The summed E-state index contributed by atoms with van der Waals surface area (Å²) >= 11 is 3.29. The van der Waals surface area contributed by atoms with Gasteiger partial charge in [-0.1, -0.05) is 0 Å². The Morgan fingerprint density at radius 1 is 1.77 bits per heavy atom. The zero-order valence-corrected chi connectivity index (χ0v) is 9.04. The number of amides is 1. The summed E-state index contributed by atoms with van der Waals surface area (Å²) in [5.74, 6) is 0.0640. The standard InChI is InChI=1S/C8H12BrN3O/c1-2-10-8(13)3-4-12-6-7(9)5-11-12/h5-6H,2-4H2,1H3,(H,10,13). The molecule has 1 aromatic rings. The molecule has 1 N–H and O–H groups in total. The van der Waals surface area contributed by atoms with Crippen LogP contribution in [0.4, 0.5) is 0 Å². The molecular weight excluding hydrogens is 234 g/mol. The maximum atomic E-state index is 11.1. The highest BCUT2D eigenvalue weighted by atomic mass is 79.9. The molecule has 1 amide bonds. The SMILES string of the molecule is CCNC(=O)CCn1cc(Br)cn1. The van der Waals surface area contributed by atoms with Crippen molar-refractivity contribution in [3.63, 3.8) is 0 Å². The van der Waals surface area contributed by atoms with Crippen LogP contribution in [0.5, 0.6) is 0 Å². The molecule has 0 saturated heterocycles. The first-order valence-corrected chi connectivity index (χ1v) is 4.96. The maximum absolute atomic E-state index is 11.1. The van der Waals surface area contributed by atoms with Gasteiger partial charge in [-0.15, -0.1) is 0 Å². The Morgan fingerprint density at radius 3 is 3.08 bits per heavy atom. The minimum Gasteiger partial charge on any atom is -0.356 e. The largest absolute Gasteiger partial charge is 0.356 e. The van der Waals surface area contributed by atoms with Crippen molar-refractivity contribution in [1.29, 1.82) is 0 Å². The highest BCUT2D eigenvalue weighted by Crippen LogP contribution is 2.06. The smallest absolute Gasteiger partial charge is 0.221 e. The minimum absolute atomic E-state index is 0.0640. The van der Waals surface area contributed by atoms with Crippen molar-refractivity contribution in [2.24, 2.45) is 0 Å². The predicted molar refractivity (Wildman–Crippen MR) is 53.2 cm³/mol. The molecule has 4 nitrogen and oxygen atoms in total. The molecule has 0 fully saturated rings. The summed E-state index contributed by atoms with van der Waals surface area (Å²) in [5.41, 5.74) is 0. The normalized spacial score (nSPS) is 10.0. The number of rotatable bonds is 4. The summed E-state index contributed by atoms with van der Waals surface area (Å²) < 4.78 is 2.67. The third kappa shape index (κ3) is 3.59. The van der Waals surface area contributed by atoms with Crippen molar-refractivity contribution in [3.8, 4) is 0 Å². The lowest BCUT2D eigenvalue weighted by Crippen LogP contribution is -2.23. The topological polar surface area (TPSA) is 46.9 Å². The van der Waals surface area contributed by atoms with Gasteiger partial charge in [-0.3, -0.25) is 9.48 Å². The van der Waals surface area contributed by atoms with E-state index in [9.17, 15) is 4.79 Å². The lowest BCUT2D eigenvalue weighted by atomic mass is 10.4. The molecule has 1 aromatic heterocycles. The van der Waals surface area contributed by atoms with E-state index >= 15 is 0 Å². The van der Waals surface area contributed by atoms with Gasteiger partial charge in [-0.25, -0.2) is 0 Å². The number of hydrogen-bond donors (Lipinski definition) is 1. The van der Waals surface area contributed by atoms with E-state index in [2.05, 4.69) is 26.3 Å². The third-order valence-corrected chi connectivity index (χ3v) is 1.95. The van der Waals surface area contributed by atoms with E-state index in [1.165, 1.54) is 0 Å². The molecule has 13 heavy (non-hydrogen) atoms. The fourth-order valence-electron chi connectivity index (χ4n) is 0.962. The molecule has 0 radical (unpaired) electrons. The van der Waals surface area contributed by atoms with Crippen molar-refractivity contribution < 1.29 is 4.79 Å². The van der Waals surface area contributed by atoms with Crippen LogP contribution >= 0.6 is 15.9 Å². The zero-order valence-electron chi connectivity index (χ0n) is 7.46. The van der Waals surface area contributed by atoms with Gasteiger partial charge in [0.05, 0.1) is 10.7 Å². The Hall–Kier alpha value is -0.840. The van der Waals surface area contributed by atoms with Crippen molar-refractivity contribution >= 4 is 21.8 Å². The Balaban J connectivity index is 2.30. The molecule has 0 aliphatic rings. The molecule has 5 heteroatoms. The minimum atomic E-state index is 0.0640. The van der Waals surface area contributed by atoms with Crippen LogP contribution in [0.1, 0.15) is 13.3 Å². The van der Waals surface area contributed by atoms with Gasteiger partial charge in [0.15, 0.2) is 0 Å². The van der Waals surface area contributed by atoms with E-state index in [4.69, 9.17) is 0 Å². The van der Waals surface area contributed by atoms with Gasteiger partial charge in [0.25, 0.3) is 0 Å². The number of carbonyl (C=O) groups is 1. The van der Waals surface area contributed by atoms with E-state index in [1.807, 2.05) is 13.1 Å². The third-order valence-electron chi connectivity index (χ3n) is 1.54. The number of aromatic nitrogens is 2. The molecule has 1 heterocycles. The van der Waals surface area contributed by atoms with E-state index in [1.54, 1.807) is 10.9 Å². The lowest BCUT2D eigenvalue weighted by molar-refractivity contribution is -0.121. The molecule has 72 valence electrons. The summed E-state index contributed by atoms with van der Waals surface area (Å²) in [6, 6.07) is 0. The second kappa shape index (κ2) is 5.01. The number of carbonyl (C=O) groups excluding carboxylic acids is 1. The molecule has 0 atom stereocenters. The van der Waals surface area contributed by atoms with Crippen LogP contribution in [0, 0.1) is 0 Å². The number of halogens is 1. The molecule has 0 spiro atoms. The maximum Gasteiger partial charge on any atom is 0.221 e. The number of aryl methyl sites for hydroxylation is 1. The van der Waals surface area contributed by atoms with Crippen LogP contribution in [-0.4, -0.2) is 22.2 Å². The molecule has 0 aliphatic heterocycles. The number of nitrogens with one attached hydrogen (secondary N) is 1. The van der Waals surface area contributed by atoms with E-state index in [0.717, 1.165) is 4.47 Å². The van der Waals surface area contributed by atoms with Crippen LogP contribution in [0.2, 0.25) is 0 Å². The zero-order chi connectivity index (χ0) is 9.68. The Kier molecular flexibility index (Phi) is 3.95. The van der Waals surface area contributed by atoms with Gasteiger partial charge in [-0.2, -0.15) is 5.10 Å². The second-order valence-electron chi connectivity index (χ2n) is 2.63. The first kappa shape index (κ1) is 10.2. The highest BCUT2D eigenvalue weighted by molar-refractivity contribution is 9.10. The van der Waals surface area contributed by atoms with E-state index in [0.29, 0.717) is 19.5 Å². The summed E-state index contributed by atoms with van der Waals surface area (Å²) in [4.78, 5) is 11.1. The van der Waals surface area contributed by atoms with Gasteiger partial charge < -0.3 is 5.32 Å². The molecule has 0 saturated carbocycles. The quantitative estimate of drug-likeness (QED) is 0.866. The summed E-state index contributed by atoms with van der Waals surface area (Å²) in [5, 5.41) is 6.77. The Bertz CT molecular complexity index is 285.